The van der Waals surface area contributed by atoms with Gasteiger partial charge in [-0.2, -0.15) is 0 Å². The fraction of sp³-hybridized carbons (Fsp3) is 0.839. The van der Waals surface area contributed by atoms with Crippen LogP contribution in [0.1, 0.15) is 206 Å². The van der Waals surface area contributed by atoms with E-state index in [-0.39, 0.29) is 18.9 Å². The van der Waals surface area contributed by atoms with Crippen molar-refractivity contribution >= 4 is 5.91 Å². The van der Waals surface area contributed by atoms with Crippen molar-refractivity contribution in [2.75, 3.05) is 19.8 Å². The maximum Gasteiger partial charge on any atom is 0.220 e. The van der Waals surface area contributed by atoms with Crippen LogP contribution in [0.3, 0.4) is 0 Å². The predicted octanol–water partition coefficient (Wildman–Crippen LogP) is 8.44. The molecule has 2 saturated heterocycles. The Labute approximate surface area is 423 Å². The standard InChI is InChI=1S/C56H101NO13/c1-3-5-7-9-10-11-12-13-14-15-16-17-18-19-20-21-22-23-24-25-26-27-28-29-30-31-32-33-34-36-38-40-48(61)57-44(45(60)39-37-35-8-6-4-2)43-67-55-53(66)51(64)54(47(42-59)69-55)70-56-52(65)50(63)49(62)46(41-58)68-56/h12-13,15-16,18-19,37,39,44-47,49-56,58-60,62-66H,3-11,14,17,20-36,38,40-43H2,1-2H3,(H,57,61)/b13-12-,16-15-,19-18-,39-37+. The van der Waals surface area contributed by atoms with Crippen molar-refractivity contribution in [2.45, 2.75) is 280 Å². The van der Waals surface area contributed by atoms with Gasteiger partial charge >= 0.3 is 0 Å². The largest absolute Gasteiger partial charge is 0.394 e. The number of nitrogens with one attached hydrogen (secondary N) is 1. The van der Waals surface area contributed by atoms with E-state index < -0.39 is 86.8 Å². The number of aliphatic hydroxyl groups is 8. The Kier molecular flexibility index (Phi) is 38.7. The molecule has 0 saturated carbocycles. The molecule has 2 fully saturated rings. The molecule has 0 aromatic carbocycles. The van der Waals surface area contributed by atoms with Crippen LogP contribution in [0.2, 0.25) is 0 Å². The highest BCUT2D eigenvalue weighted by Gasteiger charge is 2.51. The molecule has 408 valence electrons. The van der Waals surface area contributed by atoms with Crippen molar-refractivity contribution in [3.05, 3.63) is 48.6 Å². The molecular formula is C56H101NO13. The summed E-state index contributed by atoms with van der Waals surface area (Å²) in [6.45, 7) is 2.65. The SMILES string of the molecule is CCCCC/C=C/C(O)C(COC1OC(CO)C(OC2OC(CO)C(O)C(O)C2O)C(O)C1O)NC(=O)CCCCCCCCCCCCCCCCCC/C=C\C/C=C\C/C=C\CCCCCCC. The number of amides is 1. The summed E-state index contributed by atoms with van der Waals surface area (Å²) in [5.74, 6) is -0.247. The van der Waals surface area contributed by atoms with Gasteiger partial charge in [-0.15, -0.1) is 0 Å². The highest BCUT2D eigenvalue weighted by atomic mass is 16.7. The molecule has 2 heterocycles. The second-order valence-corrected chi connectivity index (χ2v) is 19.7. The summed E-state index contributed by atoms with van der Waals surface area (Å²) in [5, 5.41) is 86.3. The summed E-state index contributed by atoms with van der Waals surface area (Å²) >= 11 is 0. The fourth-order valence-corrected chi connectivity index (χ4v) is 8.94. The van der Waals surface area contributed by atoms with E-state index in [0.29, 0.717) is 6.42 Å². The molecule has 2 rings (SSSR count). The average molecular weight is 996 g/mol. The van der Waals surface area contributed by atoms with E-state index in [4.69, 9.17) is 18.9 Å². The maximum atomic E-state index is 13.1. The minimum absolute atomic E-state index is 0.247. The van der Waals surface area contributed by atoms with Crippen LogP contribution in [-0.2, 0) is 23.7 Å². The minimum atomic E-state index is -1.79. The van der Waals surface area contributed by atoms with E-state index in [1.54, 1.807) is 6.08 Å². The molecule has 1 amide bonds. The molecule has 0 spiro atoms. The van der Waals surface area contributed by atoms with Gasteiger partial charge in [0.15, 0.2) is 12.6 Å². The lowest BCUT2D eigenvalue weighted by Gasteiger charge is -2.46. The van der Waals surface area contributed by atoms with Gasteiger partial charge in [-0.25, -0.2) is 0 Å². The van der Waals surface area contributed by atoms with Crippen molar-refractivity contribution < 1.29 is 64.6 Å². The van der Waals surface area contributed by atoms with Crippen molar-refractivity contribution in [3.8, 4) is 0 Å². The van der Waals surface area contributed by atoms with Crippen molar-refractivity contribution in [2.24, 2.45) is 0 Å². The highest BCUT2D eigenvalue weighted by Crippen LogP contribution is 2.30. The van der Waals surface area contributed by atoms with Gasteiger partial charge in [0.2, 0.25) is 5.91 Å². The van der Waals surface area contributed by atoms with E-state index in [1.165, 1.54) is 122 Å². The molecule has 12 atom stereocenters. The van der Waals surface area contributed by atoms with Gasteiger partial charge in [-0.05, 0) is 57.8 Å². The Morgan fingerprint density at radius 2 is 0.943 bits per heavy atom. The van der Waals surface area contributed by atoms with Crippen LogP contribution >= 0.6 is 0 Å². The first-order valence-electron chi connectivity index (χ1n) is 27.9. The molecule has 12 unspecified atom stereocenters. The van der Waals surface area contributed by atoms with Crippen LogP contribution < -0.4 is 5.32 Å². The van der Waals surface area contributed by atoms with Crippen molar-refractivity contribution in [1.82, 2.24) is 5.32 Å². The summed E-state index contributed by atoms with van der Waals surface area (Å²) in [6, 6.07) is -0.910. The Hall–Kier alpha value is -2.05. The summed E-state index contributed by atoms with van der Waals surface area (Å²) in [5.41, 5.74) is 0. The second-order valence-electron chi connectivity index (χ2n) is 19.7. The average Bonchev–Trinajstić information content (AvgIpc) is 3.36. The first kappa shape index (κ1) is 64.1. The Bertz CT molecular complexity index is 1360. The molecule has 0 aromatic rings. The normalized spacial score (nSPS) is 26.3. The van der Waals surface area contributed by atoms with Crippen LogP contribution in [0.15, 0.2) is 48.6 Å². The zero-order valence-electron chi connectivity index (χ0n) is 43.5. The van der Waals surface area contributed by atoms with Crippen LogP contribution in [-0.4, -0.2) is 140 Å². The van der Waals surface area contributed by atoms with E-state index in [2.05, 4.69) is 55.6 Å². The number of rotatable bonds is 43. The molecular weight excluding hydrogens is 895 g/mol. The molecule has 14 heteroatoms. The predicted molar refractivity (Wildman–Crippen MR) is 277 cm³/mol. The van der Waals surface area contributed by atoms with E-state index in [0.717, 1.165) is 57.8 Å². The van der Waals surface area contributed by atoms with Gasteiger partial charge in [0, 0.05) is 6.42 Å². The molecule has 2 aliphatic rings. The number of carbonyl (C=O) groups is 1. The lowest BCUT2D eigenvalue weighted by atomic mass is 9.97. The monoisotopic (exact) mass is 996 g/mol. The van der Waals surface area contributed by atoms with Crippen LogP contribution in [0.5, 0.6) is 0 Å². The van der Waals surface area contributed by atoms with Gasteiger partial charge in [-0.1, -0.05) is 191 Å². The lowest BCUT2D eigenvalue weighted by molar-refractivity contribution is -0.359. The molecule has 0 bridgehead atoms. The molecule has 2 aliphatic heterocycles. The van der Waals surface area contributed by atoms with Crippen LogP contribution in [0.4, 0.5) is 0 Å². The first-order chi connectivity index (χ1) is 34.1. The van der Waals surface area contributed by atoms with Crippen LogP contribution in [0, 0.1) is 0 Å². The van der Waals surface area contributed by atoms with Crippen molar-refractivity contribution in [3.63, 3.8) is 0 Å². The van der Waals surface area contributed by atoms with Gasteiger partial charge in [0.1, 0.15) is 48.8 Å². The van der Waals surface area contributed by atoms with Crippen LogP contribution in [0.25, 0.3) is 0 Å². The Morgan fingerprint density at radius 3 is 1.47 bits per heavy atom. The van der Waals surface area contributed by atoms with Gasteiger partial charge in [0.05, 0.1) is 32.0 Å². The number of unbranched alkanes of at least 4 members (excludes halogenated alkanes) is 24. The molecule has 70 heavy (non-hydrogen) atoms. The second kappa shape index (κ2) is 42.3. The maximum absolute atomic E-state index is 13.1. The third-order valence-electron chi connectivity index (χ3n) is 13.5. The molecule has 14 nitrogen and oxygen atoms in total. The van der Waals surface area contributed by atoms with Gasteiger partial charge < -0.3 is 65.1 Å². The van der Waals surface area contributed by atoms with Gasteiger partial charge in [0.25, 0.3) is 0 Å². The zero-order valence-corrected chi connectivity index (χ0v) is 43.5. The topological polar surface area (TPSA) is 228 Å². The number of allylic oxidation sites excluding steroid dienone is 7. The highest BCUT2D eigenvalue weighted by molar-refractivity contribution is 5.76. The zero-order chi connectivity index (χ0) is 51.0. The number of hydrogen-bond acceptors (Lipinski definition) is 13. The molecule has 0 aromatic heterocycles. The first-order valence-corrected chi connectivity index (χ1v) is 27.9. The molecule has 0 aliphatic carbocycles. The summed E-state index contributed by atoms with van der Waals surface area (Å²) in [4.78, 5) is 13.1. The third-order valence-corrected chi connectivity index (χ3v) is 13.5. The van der Waals surface area contributed by atoms with E-state index in [1.807, 2.05) is 6.08 Å². The molecule has 0 radical (unpaired) electrons. The molecule has 9 N–H and O–H groups in total. The fourth-order valence-electron chi connectivity index (χ4n) is 8.94. The Morgan fingerprint density at radius 1 is 0.514 bits per heavy atom. The van der Waals surface area contributed by atoms with Crippen molar-refractivity contribution in [1.29, 1.82) is 0 Å². The number of ether oxygens (including phenoxy) is 4. The quantitative estimate of drug-likeness (QED) is 0.0207. The third kappa shape index (κ3) is 28.4. The number of hydrogen-bond donors (Lipinski definition) is 9. The minimum Gasteiger partial charge on any atom is -0.394 e. The Balaban J connectivity index is 1.57. The van der Waals surface area contributed by atoms with E-state index in [9.17, 15) is 45.6 Å². The van der Waals surface area contributed by atoms with E-state index >= 15 is 0 Å². The summed E-state index contributed by atoms with van der Waals surface area (Å²) < 4.78 is 22.6. The lowest BCUT2D eigenvalue weighted by Crippen LogP contribution is -2.65. The summed E-state index contributed by atoms with van der Waals surface area (Å²) in [7, 11) is 0. The smallest absolute Gasteiger partial charge is 0.220 e. The number of carbonyl (C=O) groups excluding carboxylic acids is 1. The number of aliphatic hydroxyl groups excluding tert-OH is 8. The summed E-state index contributed by atoms with van der Waals surface area (Å²) in [6.07, 6.45) is 35.3. The van der Waals surface area contributed by atoms with Gasteiger partial charge in [-0.3, -0.25) is 4.79 Å².